The monoisotopic (exact) mass is 124 g/mol. The zero-order chi connectivity index (χ0) is 6.69. The van der Waals surface area contributed by atoms with Gasteiger partial charge in [0.15, 0.2) is 0 Å². The van der Waals surface area contributed by atoms with Crippen LogP contribution in [0.15, 0.2) is 16.8 Å². The molecular formula is C7H12N2. The van der Waals surface area contributed by atoms with E-state index in [9.17, 15) is 0 Å². The fraction of sp³-hybridized carbons (Fsp3) is 0.571. The van der Waals surface area contributed by atoms with Crippen LogP contribution in [-0.4, -0.2) is 31.8 Å². The van der Waals surface area contributed by atoms with Crippen molar-refractivity contribution in [2.24, 2.45) is 4.99 Å². The first kappa shape index (κ1) is 6.33. The van der Waals surface area contributed by atoms with E-state index in [1.165, 1.54) is 5.70 Å². The number of dihydropyridines is 1. The van der Waals surface area contributed by atoms with Gasteiger partial charge in [-0.2, -0.15) is 0 Å². The van der Waals surface area contributed by atoms with Crippen molar-refractivity contribution in [3.05, 3.63) is 11.8 Å². The van der Waals surface area contributed by atoms with Crippen molar-refractivity contribution in [3.63, 3.8) is 0 Å². The lowest BCUT2D eigenvalue weighted by atomic mass is 10.2. The lowest BCUT2D eigenvalue weighted by Gasteiger charge is -2.17. The Bertz CT molecular complexity index is 145. The lowest BCUT2D eigenvalue weighted by molar-refractivity contribution is 0.488. The molecule has 0 radical (unpaired) electrons. The molecule has 9 heavy (non-hydrogen) atoms. The summed E-state index contributed by atoms with van der Waals surface area (Å²) >= 11 is 0. The third kappa shape index (κ3) is 1.56. The largest absolute Gasteiger partial charge is 0.381 e. The summed E-state index contributed by atoms with van der Waals surface area (Å²) in [6.45, 7) is 0.948. The van der Waals surface area contributed by atoms with Gasteiger partial charge in [-0.05, 0) is 6.08 Å². The molecule has 1 aliphatic rings. The molecule has 0 bridgehead atoms. The third-order valence-electron chi connectivity index (χ3n) is 1.44. The molecule has 0 spiro atoms. The number of nitrogens with zero attached hydrogens (tertiary/aromatic N) is 2. The van der Waals surface area contributed by atoms with E-state index in [0.717, 1.165) is 13.0 Å². The summed E-state index contributed by atoms with van der Waals surface area (Å²) in [5, 5.41) is 0. The average Bonchev–Trinajstić information content (AvgIpc) is 1.90. The topological polar surface area (TPSA) is 15.6 Å². The smallest absolute Gasteiger partial charge is 0.0443 e. The Kier molecular flexibility index (Phi) is 1.88. The summed E-state index contributed by atoms with van der Waals surface area (Å²) in [7, 11) is 4.12. The van der Waals surface area contributed by atoms with E-state index < -0.39 is 0 Å². The van der Waals surface area contributed by atoms with Crippen molar-refractivity contribution in [3.8, 4) is 0 Å². The van der Waals surface area contributed by atoms with Gasteiger partial charge in [0, 0.05) is 39.0 Å². The van der Waals surface area contributed by atoms with Gasteiger partial charge in [0.25, 0.3) is 0 Å². The van der Waals surface area contributed by atoms with E-state index in [1.807, 2.05) is 6.21 Å². The van der Waals surface area contributed by atoms with Gasteiger partial charge in [0.2, 0.25) is 0 Å². The van der Waals surface area contributed by atoms with Crippen LogP contribution in [0.2, 0.25) is 0 Å². The van der Waals surface area contributed by atoms with Crippen LogP contribution in [0, 0.1) is 0 Å². The van der Waals surface area contributed by atoms with Crippen LogP contribution in [0.1, 0.15) is 6.42 Å². The first-order chi connectivity index (χ1) is 4.30. The molecule has 2 nitrogen and oxygen atoms in total. The van der Waals surface area contributed by atoms with Gasteiger partial charge in [0.1, 0.15) is 0 Å². The number of aliphatic imine (C=N–C) groups is 1. The van der Waals surface area contributed by atoms with Gasteiger partial charge < -0.3 is 4.90 Å². The molecule has 0 amide bonds. The van der Waals surface area contributed by atoms with Gasteiger partial charge in [-0.3, -0.25) is 4.99 Å². The maximum Gasteiger partial charge on any atom is 0.0443 e. The normalized spacial score (nSPS) is 17.3. The fourth-order valence-corrected chi connectivity index (χ4v) is 0.848. The van der Waals surface area contributed by atoms with Gasteiger partial charge in [-0.15, -0.1) is 0 Å². The maximum atomic E-state index is 4.08. The molecule has 0 saturated heterocycles. The fourth-order valence-electron chi connectivity index (χ4n) is 0.848. The highest BCUT2D eigenvalue weighted by Crippen LogP contribution is 2.06. The quantitative estimate of drug-likeness (QED) is 0.507. The first-order valence-electron chi connectivity index (χ1n) is 3.17. The summed E-state index contributed by atoms with van der Waals surface area (Å²) in [6.07, 6.45) is 5.02. The van der Waals surface area contributed by atoms with Crippen molar-refractivity contribution in [1.82, 2.24) is 4.90 Å². The summed E-state index contributed by atoms with van der Waals surface area (Å²) in [5.41, 5.74) is 1.37. The highest BCUT2D eigenvalue weighted by Gasteiger charge is 1.99. The first-order valence-corrected chi connectivity index (χ1v) is 3.17. The van der Waals surface area contributed by atoms with Gasteiger partial charge in [0.05, 0.1) is 0 Å². The second kappa shape index (κ2) is 2.67. The summed E-state index contributed by atoms with van der Waals surface area (Å²) < 4.78 is 0. The molecule has 1 heterocycles. The minimum atomic E-state index is 0.948. The van der Waals surface area contributed by atoms with Crippen LogP contribution in [0.3, 0.4) is 0 Å². The Morgan fingerprint density at radius 1 is 1.56 bits per heavy atom. The molecule has 0 N–H and O–H groups in total. The second-order valence-corrected chi connectivity index (χ2v) is 2.36. The summed E-state index contributed by atoms with van der Waals surface area (Å²) in [4.78, 5) is 6.21. The standard InChI is InChI=1S/C7H12N2/c1-9(2)7-3-5-8-6-4-7/h3,5H,4,6H2,1-2H3. The molecule has 0 aromatic carbocycles. The second-order valence-electron chi connectivity index (χ2n) is 2.36. The van der Waals surface area contributed by atoms with Crippen LogP contribution >= 0.6 is 0 Å². The molecule has 1 aliphatic heterocycles. The van der Waals surface area contributed by atoms with E-state index in [0.29, 0.717) is 0 Å². The van der Waals surface area contributed by atoms with Crippen LogP contribution in [0.5, 0.6) is 0 Å². The van der Waals surface area contributed by atoms with Gasteiger partial charge in [-0.25, -0.2) is 0 Å². The lowest BCUT2D eigenvalue weighted by Crippen LogP contribution is -2.13. The molecule has 0 fully saturated rings. The van der Waals surface area contributed by atoms with Gasteiger partial charge in [-0.1, -0.05) is 0 Å². The SMILES string of the molecule is CN(C)C1=CC=NCC1. The third-order valence-corrected chi connectivity index (χ3v) is 1.44. The minimum absolute atomic E-state index is 0.948. The predicted octanol–water partition coefficient (Wildman–Crippen LogP) is 0.906. The van der Waals surface area contributed by atoms with Crippen LogP contribution in [0.4, 0.5) is 0 Å². The Morgan fingerprint density at radius 2 is 2.33 bits per heavy atom. The molecule has 0 aliphatic carbocycles. The summed E-state index contributed by atoms with van der Waals surface area (Å²) in [6, 6.07) is 0. The number of allylic oxidation sites excluding steroid dienone is 1. The summed E-state index contributed by atoms with van der Waals surface area (Å²) in [5.74, 6) is 0. The number of hydrogen-bond acceptors (Lipinski definition) is 2. The van der Waals surface area contributed by atoms with Crippen LogP contribution in [0.25, 0.3) is 0 Å². The Morgan fingerprint density at radius 3 is 2.67 bits per heavy atom. The van der Waals surface area contributed by atoms with E-state index >= 15 is 0 Å². The molecule has 0 saturated carbocycles. The molecular weight excluding hydrogens is 112 g/mol. The Labute approximate surface area is 55.9 Å². The molecule has 0 unspecified atom stereocenters. The van der Waals surface area contributed by atoms with Crippen molar-refractivity contribution in [2.45, 2.75) is 6.42 Å². The predicted molar refractivity (Wildman–Crippen MR) is 39.7 cm³/mol. The average molecular weight is 124 g/mol. The van der Waals surface area contributed by atoms with Crippen LogP contribution in [-0.2, 0) is 0 Å². The van der Waals surface area contributed by atoms with E-state index in [4.69, 9.17) is 0 Å². The van der Waals surface area contributed by atoms with Crippen molar-refractivity contribution >= 4 is 6.21 Å². The molecule has 0 aromatic rings. The zero-order valence-corrected chi connectivity index (χ0v) is 5.96. The molecule has 0 aromatic heterocycles. The maximum absolute atomic E-state index is 4.08. The van der Waals surface area contributed by atoms with E-state index in [2.05, 4.69) is 30.1 Å². The van der Waals surface area contributed by atoms with Crippen molar-refractivity contribution in [1.29, 1.82) is 0 Å². The van der Waals surface area contributed by atoms with Crippen LogP contribution < -0.4 is 0 Å². The van der Waals surface area contributed by atoms with Gasteiger partial charge >= 0.3 is 0 Å². The number of hydrogen-bond donors (Lipinski definition) is 0. The Balaban J connectivity index is 2.57. The molecule has 1 rings (SSSR count). The van der Waals surface area contributed by atoms with E-state index in [-0.39, 0.29) is 0 Å². The molecule has 2 heteroatoms. The van der Waals surface area contributed by atoms with E-state index in [1.54, 1.807) is 0 Å². The molecule has 50 valence electrons. The number of rotatable bonds is 1. The molecule has 0 atom stereocenters. The minimum Gasteiger partial charge on any atom is -0.381 e. The van der Waals surface area contributed by atoms with Crippen molar-refractivity contribution < 1.29 is 0 Å². The highest BCUT2D eigenvalue weighted by atomic mass is 15.1. The zero-order valence-electron chi connectivity index (χ0n) is 5.96. The van der Waals surface area contributed by atoms with Crippen molar-refractivity contribution in [2.75, 3.05) is 20.6 Å². The highest BCUT2D eigenvalue weighted by molar-refractivity contribution is 5.72. The Hall–Kier alpha value is -0.790.